The zero-order valence-corrected chi connectivity index (χ0v) is 26.7. The molecule has 1 fully saturated rings. The second-order valence-electron chi connectivity index (χ2n) is 11.8. The van der Waals surface area contributed by atoms with Crippen LogP contribution in [0.15, 0.2) is 36.4 Å². The minimum Gasteiger partial charge on any atom is -0.392 e. The summed E-state index contributed by atoms with van der Waals surface area (Å²) in [6.07, 6.45) is 1.41. The molecule has 3 atom stereocenters. The van der Waals surface area contributed by atoms with Crippen molar-refractivity contribution in [3.05, 3.63) is 70.3 Å². The van der Waals surface area contributed by atoms with Crippen LogP contribution in [-0.2, 0) is 16.6 Å². The summed E-state index contributed by atoms with van der Waals surface area (Å²) < 4.78 is 56.2. The van der Waals surface area contributed by atoms with Crippen molar-refractivity contribution in [3.63, 3.8) is 0 Å². The van der Waals surface area contributed by atoms with Crippen molar-refractivity contribution in [2.24, 2.45) is 11.8 Å². The Bertz CT molecular complexity index is 1360. The van der Waals surface area contributed by atoms with Gasteiger partial charge >= 0.3 is 0 Å². The lowest BCUT2D eigenvalue weighted by molar-refractivity contribution is 0.0225. The third kappa shape index (κ3) is 9.14. The van der Waals surface area contributed by atoms with E-state index in [1.165, 1.54) is 30.5 Å². The Kier molecular flexibility index (Phi) is 12.4. The second-order valence-corrected chi connectivity index (χ2v) is 13.9. The highest BCUT2D eigenvalue weighted by Crippen LogP contribution is 2.31. The van der Waals surface area contributed by atoms with Crippen molar-refractivity contribution >= 4 is 21.9 Å². The van der Waals surface area contributed by atoms with Crippen LogP contribution in [0.25, 0.3) is 0 Å². The van der Waals surface area contributed by atoms with Gasteiger partial charge in [-0.15, -0.1) is 0 Å². The number of amides is 1. The molecule has 8 nitrogen and oxygen atoms in total. The Morgan fingerprint density at radius 1 is 1.00 bits per heavy atom. The molecule has 1 heterocycles. The summed E-state index contributed by atoms with van der Waals surface area (Å²) in [5.41, 5.74) is 1.76. The number of nitrogens with zero attached hydrogens (tertiary/aromatic N) is 3. The molecule has 43 heavy (non-hydrogen) atoms. The van der Waals surface area contributed by atoms with Gasteiger partial charge in [0.2, 0.25) is 0 Å². The zero-order valence-electron chi connectivity index (χ0n) is 25.9. The molecule has 1 aliphatic heterocycles. The van der Waals surface area contributed by atoms with Crippen LogP contribution in [-0.4, -0.2) is 85.1 Å². The molecule has 0 saturated carbocycles. The standard InChI is InChI=1S/C32H45F2N3O5S/c1-6-10-36(11-7-2)32(40)27-14-22(3)13-25(18-27)30(38)19-26(15-23-16-28(33)20-29(34)17-23)31(39)24-9-8-12-37(21-24)43(41,42)35(4)5/h13-14,16-18,20,24,26,31,39H,6-12,15,19,21H2,1-5H3/t24?,26?,31-/m1/s1. The number of benzene rings is 2. The topological polar surface area (TPSA) is 98.2 Å². The van der Waals surface area contributed by atoms with Gasteiger partial charge in [0.15, 0.2) is 5.78 Å². The largest absolute Gasteiger partial charge is 0.392 e. The molecule has 0 aliphatic carbocycles. The summed E-state index contributed by atoms with van der Waals surface area (Å²) >= 11 is 0. The van der Waals surface area contributed by atoms with Crippen molar-refractivity contribution in [1.29, 1.82) is 0 Å². The van der Waals surface area contributed by atoms with Gasteiger partial charge in [-0.2, -0.15) is 17.0 Å². The highest BCUT2D eigenvalue weighted by atomic mass is 32.2. The normalized spacial score (nSPS) is 17.6. The molecule has 0 spiro atoms. The Labute approximate surface area is 254 Å². The molecule has 1 saturated heterocycles. The number of hydrogen-bond acceptors (Lipinski definition) is 5. The molecule has 0 radical (unpaired) electrons. The first-order valence-corrected chi connectivity index (χ1v) is 16.4. The van der Waals surface area contributed by atoms with Crippen LogP contribution in [0, 0.1) is 30.4 Å². The maximum Gasteiger partial charge on any atom is 0.281 e. The average Bonchev–Trinajstić information content (AvgIpc) is 2.95. The Balaban J connectivity index is 1.92. The van der Waals surface area contributed by atoms with Gasteiger partial charge in [0.1, 0.15) is 11.6 Å². The van der Waals surface area contributed by atoms with E-state index in [4.69, 9.17) is 0 Å². The molecule has 2 aromatic carbocycles. The quantitative estimate of drug-likeness (QED) is 0.305. The Hall–Kier alpha value is -2.73. The monoisotopic (exact) mass is 621 g/mol. The highest BCUT2D eigenvalue weighted by Gasteiger charge is 2.37. The lowest BCUT2D eigenvalue weighted by atomic mass is 9.79. The first-order valence-electron chi connectivity index (χ1n) is 15.0. The van der Waals surface area contributed by atoms with E-state index in [-0.39, 0.29) is 36.6 Å². The number of halogens is 2. The van der Waals surface area contributed by atoms with E-state index in [1.807, 2.05) is 13.8 Å². The minimum absolute atomic E-state index is 0.0108. The van der Waals surface area contributed by atoms with Crippen LogP contribution in [0.5, 0.6) is 0 Å². The maximum absolute atomic E-state index is 14.1. The molecular formula is C32H45F2N3O5S. The number of aryl methyl sites for hydroxylation is 1. The smallest absolute Gasteiger partial charge is 0.281 e. The van der Waals surface area contributed by atoms with E-state index in [1.54, 1.807) is 30.0 Å². The first-order chi connectivity index (χ1) is 20.3. The van der Waals surface area contributed by atoms with Crippen molar-refractivity contribution in [2.45, 2.75) is 65.4 Å². The van der Waals surface area contributed by atoms with Crippen LogP contribution < -0.4 is 0 Å². The Morgan fingerprint density at radius 3 is 2.19 bits per heavy atom. The van der Waals surface area contributed by atoms with E-state index in [0.717, 1.165) is 28.8 Å². The molecule has 0 aromatic heterocycles. The summed E-state index contributed by atoms with van der Waals surface area (Å²) in [4.78, 5) is 28.8. The van der Waals surface area contributed by atoms with Gasteiger partial charge in [0.25, 0.3) is 16.1 Å². The molecule has 0 bridgehead atoms. The third-order valence-electron chi connectivity index (χ3n) is 7.96. The SMILES string of the molecule is CCCN(CCC)C(=O)c1cc(C)cc(C(=O)CC(Cc2cc(F)cc(F)c2)[C@H](O)C2CCCN(S(=O)(=O)N(C)C)C2)c1. The van der Waals surface area contributed by atoms with E-state index in [9.17, 15) is 31.9 Å². The molecule has 2 unspecified atom stereocenters. The third-order valence-corrected chi connectivity index (χ3v) is 9.87. The average molecular weight is 622 g/mol. The molecule has 11 heteroatoms. The highest BCUT2D eigenvalue weighted by molar-refractivity contribution is 7.86. The molecular weight excluding hydrogens is 576 g/mol. The van der Waals surface area contributed by atoms with Gasteiger partial charge in [-0.1, -0.05) is 13.8 Å². The number of Topliss-reactive ketones (excluding diaryl/α,β-unsaturated/α-hetero) is 1. The van der Waals surface area contributed by atoms with Crippen LogP contribution in [0.3, 0.4) is 0 Å². The van der Waals surface area contributed by atoms with Gasteiger partial charge < -0.3 is 10.0 Å². The van der Waals surface area contributed by atoms with E-state index < -0.39 is 39.8 Å². The van der Waals surface area contributed by atoms with Crippen LogP contribution in [0.2, 0.25) is 0 Å². The lowest BCUT2D eigenvalue weighted by Gasteiger charge is -2.38. The van der Waals surface area contributed by atoms with Crippen LogP contribution in [0.4, 0.5) is 8.78 Å². The van der Waals surface area contributed by atoms with E-state index in [0.29, 0.717) is 43.6 Å². The number of ketones is 1. The summed E-state index contributed by atoms with van der Waals surface area (Å²) in [6, 6.07) is 8.14. The van der Waals surface area contributed by atoms with Crippen molar-refractivity contribution in [1.82, 2.24) is 13.5 Å². The fourth-order valence-electron chi connectivity index (χ4n) is 5.88. The number of aliphatic hydroxyl groups is 1. The van der Waals surface area contributed by atoms with E-state index >= 15 is 0 Å². The number of rotatable bonds is 14. The summed E-state index contributed by atoms with van der Waals surface area (Å²) in [6.45, 7) is 7.39. The lowest BCUT2D eigenvalue weighted by Crippen LogP contribution is -2.49. The Morgan fingerprint density at radius 2 is 1.60 bits per heavy atom. The summed E-state index contributed by atoms with van der Waals surface area (Å²) in [5, 5.41) is 11.6. The molecule has 1 N–H and O–H groups in total. The molecule has 2 aromatic rings. The van der Waals surface area contributed by atoms with Gasteiger partial charge in [-0.05, 0) is 92.3 Å². The first kappa shape index (κ1) is 34.8. The molecule has 3 rings (SSSR count). The summed E-state index contributed by atoms with van der Waals surface area (Å²) in [7, 11) is -0.819. The maximum atomic E-state index is 14.1. The fourth-order valence-corrected chi connectivity index (χ4v) is 7.09. The van der Waals surface area contributed by atoms with Crippen LogP contribution >= 0.6 is 0 Å². The van der Waals surface area contributed by atoms with Crippen molar-refractivity contribution in [2.75, 3.05) is 40.3 Å². The van der Waals surface area contributed by atoms with Crippen LogP contribution in [0.1, 0.15) is 77.8 Å². The zero-order chi connectivity index (χ0) is 31.9. The number of piperidine rings is 1. The van der Waals surface area contributed by atoms with Gasteiger partial charge in [0.05, 0.1) is 6.10 Å². The fraction of sp³-hybridized carbons (Fsp3) is 0.562. The second kappa shape index (κ2) is 15.3. The van der Waals surface area contributed by atoms with E-state index in [2.05, 4.69) is 0 Å². The number of hydrogen-bond donors (Lipinski definition) is 1. The molecule has 238 valence electrons. The predicted octanol–water partition coefficient (Wildman–Crippen LogP) is 4.85. The summed E-state index contributed by atoms with van der Waals surface area (Å²) in [5.74, 6) is -3.23. The van der Waals surface area contributed by atoms with Gasteiger partial charge in [-0.3, -0.25) is 9.59 Å². The number of carbonyl (C=O) groups excluding carboxylic acids is 2. The number of aliphatic hydroxyl groups excluding tert-OH is 1. The van der Waals surface area contributed by atoms with Crippen molar-refractivity contribution in [3.8, 4) is 0 Å². The molecule has 1 aliphatic rings. The van der Waals surface area contributed by atoms with Gasteiger partial charge in [-0.25, -0.2) is 8.78 Å². The molecule has 1 amide bonds. The predicted molar refractivity (Wildman–Crippen MR) is 163 cm³/mol. The minimum atomic E-state index is -3.71. The van der Waals surface area contributed by atoms with Crippen molar-refractivity contribution < 1.29 is 31.9 Å². The number of carbonyl (C=O) groups is 2. The van der Waals surface area contributed by atoms with Gasteiger partial charge in [0, 0.05) is 63.9 Å².